The number of hydrogen-bond donors (Lipinski definition) is 1. The number of anilines is 2. The van der Waals surface area contributed by atoms with Crippen LogP contribution in [0.1, 0.15) is 15.2 Å². The number of amides is 1. The highest BCUT2D eigenvalue weighted by atomic mass is 32.1. The number of halogens is 1. The molecule has 0 saturated carbocycles. The third-order valence-electron chi connectivity index (χ3n) is 3.74. The van der Waals surface area contributed by atoms with Crippen molar-refractivity contribution >= 4 is 28.3 Å². The lowest BCUT2D eigenvalue weighted by Crippen LogP contribution is -2.16. The van der Waals surface area contributed by atoms with Crippen LogP contribution in [0.25, 0.3) is 11.3 Å². The Morgan fingerprint density at radius 3 is 2.56 bits per heavy atom. The van der Waals surface area contributed by atoms with Crippen LogP contribution >= 0.6 is 11.3 Å². The van der Waals surface area contributed by atoms with Gasteiger partial charge in [-0.15, -0.1) is 11.3 Å². The van der Waals surface area contributed by atoms with Crippen molar-refractivity contribution in [3.63, 3.8) is 0 Å². The van der Waals surface area contributed by atoms with E-state index in [1.807, 2.05) is 21.0 Å². The van der Waals surface area contributed by atoms with Crippen molar-refractivity contribution in [3.05, 3.63) is 46.9 Å². The second kappa shape index (κ2) is 7.67. The molecular weight excluding hydrogens is 369 g/mol. The molecule has 9 heteroatoms. The maximum absolute atomic E-state index is 14.0. The van der Waals surface area contributed by atoms with Gasteiger partial charge >= 0.3 is 0 Å². The van der Waals surface area contributed by atoms with Gasteiger partial charge in [0.2, 0.25) is 5.95 Å². The summed E-state index contributed by atoms with van der Waals surface area (Å²) in [6.45, 7) is 1.86. The van der Waals surface area contributed by atoms with E-state index in [1.165, 1.54) is 36.9 Å². The van der Waals surface area contributed by atoms with Gasteiger partial charge in [0.15, 0.2) is 16.7 Å². The minimum Gasteiger partial charge on any atom is -0.494 e. The molecule has 27 heavy (non-hydrogen) atoms. The summed E-state index contributed by atoms with van der Waals surface area (Å²) in [5, 5.41) is 3.15. The number of benzene rings is 1. The number of carbonyl (C=O) groups is 1. The van der Waals surface area contributed by atoms with E-state index < -0.39 is 5.82 Å². The third kappa shape index (κ3) is 4.03. The summed E-state index contributed by atoms with van der Waals surface area (Å²) in [7, 11) is 5.04. The molecule has 1 amide bonds. The van der Waals surface area contributed by atoms with E-state index >= 15 is 0 Å². The highest BCUT2D eigenvalue weighted by molar-refractivity contribution is 7.16. The predicted octanol–water partition coefficient (Wildman–Crippen LogP) is 3.37. The van der Waals surface area contributed by atoms with Crippen molar-refractivity contribution in [1.82, 2.24) is 15.0 Å². The first-order valence-corrected chi connectivity index (χ1v) is 8.82. The Kier molecular flexibility index (Phi) is 5.31. The fourth-order valence-electron chi connectivity index (χ4n) is 2.37. The molecule has 0 atom stereocenters. The summed E-state index contributed by atoms with van der Waals surface area (Å²) < 4.78 is 18.9. The monoisotopic (exact) mass is 387 g/mol. The molecule has 0 aliphatic carbocycles. The Morgan fingerprint density at radius 2 is 1.96 bits per heavy atom. The van der Waals surface area contributed by atoms with Crippen LogP contribution in [0, 0.1) is 12.7 Å². The molecule has 0 spiro atoms. The van der Waals surface area contributed by atoms with Crippen LogP contribution in [0.2, 0.25) is 0 Å². The highest BCUT2D eigenvalue weighted by Crippen LogP contribution is 2.32. The van der Waals surface area contributed by atoms with Crippen molar-refractivity contribution in [3.8, 4) is 17.0 Å². The zero-order chi connectivity index (χ0) is 19.6. The van der Waals surface area contributed by atoms with E-state index in [0.29, 0.717) is 27.9 Å². The molecule has 140 valence electrons. The van der Waals surface area contributed by atoms with Gasteiger partial charge in [-0.1, -0.05) is 0 Å². The van der Waals surface area contributed by atoms with Crippen molar-refractivity contribution in [2.75, 3.05) is 31.4 Å². The summed E-state index contributed by atoms with van der Waals surface area (Å²) >= 11 is 1.31. The average molecular weight is 387 g/mol. The molecule has 3 rings (SSSR count). The fourth-order valence-corrected chi connectivity index (χ4v) is 3.20. The Hall–Kier alpha value is -3.07. The van der Waals surface area contributed by atoms with Gasteiger partial charge in [-0.2, -0.15) is 0 Å². The Bertz CT molecular complexity index is 972. The molecule has 3 aromatic rings. The van der Waals surface area contributed by atoms with E-state index in [0.717, 1.165) is 4.88 Å². The molecule has 0 saturated heterocycles. The molecule has 2 aromatic heterocycles. The lowest BCUT2D eigenvalue weighted by Gasteiger charge is -2.09. The van der Waals surface area contributed by atoms with E-state index in [1.54, 1.807) is 17.0 Å². The first-order chi connectivity index (χ1) is 12.9. The summed E-state index contributed by atoms with van der Waals surface area (Å²) in [6, 6.07) is 4.63. The number of thiazole rings is 1. The van der Waals surface area contributed by atoms with Crippen molar-refractivity contribution in [2.24, 2.45) is 0 Å². The lowest BCUT2D eigenvalue weighted by molar-refractivity contribution is 0.102. The average Bonchev–Trinajstić information content (AvgIpc) is 3.01. The molecule has 1 aromatic carbocycles. The van der Waals surface area contributed by atoms with Crippen LogP contribution in [0.4, 0.5) is 15.5 Å². The summed E-state index contributed by atoms with van der Waals surface area (Å²) in [5.41, 5.74) is 1.54. The molecular formula is C18H18FN5O2S. The molecule has 2 heterocycles. The van der Waals surface area contributed by atoms with Gasteiger partial charge in [0.05, 0.1) is 18.4 Å². The SMILES string of the molecule is COc1ccc(-c2nc(NC(=O)c3cnc(N(C)C)nc3)sc2C)cc1F. The summed E-state index contributed by atoms with van der Waals surface area (Å²) in [6.07, 6.45) is 2.91. The molecule has 0 aliphatic rings. The lowest BCUT2D eigenvalue weighted by atomic mass is 10.1. The largest absolute Gasteiger partial charge is 0.494 e. The number of methoxy groups -OCH3 is 1. The zero-order valence-electron chi connectivity index (χ0n) is 15.3. The number of nitrogens with one attached hydrogen (secondary N) is 1. The molecule has 1 N–H and O–H groups in total. The summed E-state index contributed by atoms with van der Waals surface area (Å²) in [5.74, 6) is -0.144. The van der Waals surface area contributed by atoms with Gasteiger partial charge in [0.25, 0.3) is 5.91 Å². The Labute approximate surface area is 159 Å². The fraction of sp³-hybridized carbons (Fsp3) is 0.222. The second-order valence-corrected chi connectivity index (χ2v) is 7.10. The van der Waals surface area contributed by atoms with Gasteiger partial charge in [0.1, 0.15) is 0 Å². The van der Waals surface area contributed by atoms with Gasteiger partial charge in [0, 0.05) is 36.9 Å². The minimum atomic E-state index is -0.467. The van der Waals surface area contributed by atoms with Gasteiger partial charge in [-0.3, -0.25) is 10.1 Å². The van der Waals surface area contributed by atoms with Crippen LogP contribution in [0.3, 0.4) is 0 Å². The molecule has 0 fully saturated rings. The Morgan fingerprint density at radius 1 is 1.26 bits per heavy atom. The van der Waals surface area contributed by atoms with Crippen molar-refractivity contribution in [1.29, 1.82) is 0 Å². The van der Waals surface area contributed by atoms with Crippen LogP contribution in [0.15, 0.2) is 30.6 Å². The van der Waals surface area contributed by atoms with Gasteiger partial charge < -0.3 is 9.64 Å². The maximum atomic E-state index is 14.0. The van der Waals surface area contributed by atoms with Crippen LogP contribution in [0.5, 0.6) is 5.75 Å². The first kappa shape index (κ1) is 18.7. The zero-order valence-corrected chi connectivity index (χ0v) is 16.1. The highest BCUT2D eigenvalue weighted by Gasteiger charge is 2.15. The topological polar surface area (TPSA) is 80.2 Å². The summed E-state index contributed by atoms with van der Waals surface area (Å²) in [4.78, 5) is 27.6. The quantitative estimate of drug-likeness (QED) is 0.723. The first-order valence-electron chi connectivity index (χ1n) is 8.01. The van der Waals surface area contributed by atoms with Crippen LogP contribution in [-0.2, 0) is 0 Å². The van der Waals surface area contributed by atoms with E-state index in [2.05, 4.69) is 20.3 Å². The number of aromatic nitrogens is 3. The number of ether oxygens (including phenoxy) is 1. The van der Waals surface area contributed by atoms with E-state index in [9.17, 15) is 9.18 Å². The maximum Gasteiger partial charge on any atom is 0.260 e. The number of nitrogens with zero attached hydrogens (tertiary/aromatic N) is 4. The minimum absolute atomic E-state index is 0.168. The van der Waals surface area contributed by atoms with Crippen molar-refractivity contribution in [2.45, 2.75) is 6.92 Å². The van der Waals surface area contributed by atoms with Gasteiger partial charge in [-0.05, 0) is 25.1 Å². The molecule has 0 bridgehead atoms. The standard InChI is InChI=1S/C18H18FN5O2S/c1-10-15(11-5-6-14(26-4)13(19)7-11)22-18(27-10)23-16(25)12-8-20-17(21-9-12)24(2)3/h5-9H,1-4H3,(H,22,23,25). The smallest absolute Gasteiger partial charge is 0.260 e. The molecule has 0 aliphatic heterocycles. The van der Waals surface area contributed by atoms with E-state index in [4.69, 9.17) is 4.74 Å². The van der Waals surface area contributed by atoms with Crippen LogP contribution in [-0.4, -0.2) is 42.1 Å². The van der Waals surface area contributed by atoms with Gasteiger partial charge in [-0.25, -0.2) is 19.3 Å². The Balaban J connectivity index is 1.80. The van der Waals surface area contributed by atoms with Crippen LogP contribution < -0.4 is 15.0 Å². The number of aryl methyl sites for hydroxylation is 1. The molecule has 0 unspecified atom stereocenters. The second-order valence-electron chi connectivity index (χ2n) is 5.89. The third-order valence-corrected chi connectivity index (χ3v) is 4.63. The predicted molar refractivity (Wildman–Crippen MR) is 103 cm³/mol. The van der Waals surface area contributed by atoms with Crippen molar-refractivity contribution < 1.29 is 13.9 Å². The number of rotatable bonds is 5. The number of carbonyl (C=O) groups excluding carboxylic acids is 1. The number of hydrogen-bond acceptors (Lipinski definition) is 7. The van der Waals surface area contributed by atoms with E-state index in [-0.39, 0.29) is 11.7 Å². The normalized spacial score (nSPS) is 10.6. The molecule has 0 radical (unpaired) electrons. The molecule has 7 nitrogen and oxygen atoms in total.